The molecule has 0 radical (unpaired) electrons. The molecule has 0 aliphatic carbocycles. The van der Waals surface area contributed by atoms with E-state index in [1.165, 1.54) is 12.7 Å². The van der Waals surface area contributed by atoms with Crippen LogP contribution in [0, 0.1) is 0 Å². The van der Waals surface area contributed by atoms with E-state index in [1.54, 1.807) is 32.3 Å². The van der Waals surface area contributed by atoms with Gasteiger partial charge in [0.2, 0.25) is 13.6 Å². The normalized spacial score (nSPS) is 13.9. The maximum atomic E-state index is 13.0. The molecule has 0 saturated heterocycles. The van der Waals surface area contributed by atoms with Crippen molar-refractivity contribution in [1.29, 1.82) is 0 Å². The van der Waals surface area contributed by atoms with Gasteiger partial charge >= 0.3 is 19.9 Å². The average Bonchev–Trinajstić information content (AvgIpc) is 3.16. The van der Waals surface area contributed by atoms with Crippen LogP contribution in [0.3, 0.4) is 0 Å². The van der Waals surface area contributed by atoms with Crippen LogP contribution in [0.15, 0.2) is 12.7 Å². The highest BCUT2D eigenvalue weighted by molar-refractivity contribution is 7.53. The highest BCUT2D eigenvalue weighted by atomic mass is 31.2. The fourth-order valence-corrected chi connectivity index (χ4v) is 3.48. The molecule has 1 unspecified atom stereocenters. The summed E-state index contributed by atoms with van der Waals surface area (Å²) in [6.07, 6.45) is -0.703. The molecule has 0 aliphatic heterocycles. The van der Waals surface area contributed by atoms with Crippen LogP contribution in [0.5, 0.6) is 0 Å². The molecular formula is C18H28N5O10P. The molecular weight excluding hydrogens is 477 g/mol. The Morgan fingerprint density at radius 3 is 2.38 bits per heavy atom. The molecule has 2 aromatic rings. The Balaban J connectivity index is 1.95. The van der Waals surface area contributed by atoms with Crippen LogP contribution in [0.25, 0.3) is 11.2 Å². The zero-order valence-corrected chi connectivity index (χ0v) is 20.1. The summed E-state index contributed by atoms with van der Waals surface area (Å²) in [4.78, 5) is 35.0. The molecule has 16 heteroatoms. The quantitative estimate of drug-likeness (QED) is 0.238. The second-order valence-electron chi connectivity index (χ2n) is 6.93. The van der Waals surface area contributed by atoms with Gasteiger partial charge in [0.1, 0.15) is 18.2 Å². The van der Waals surface area contributed by atoms with Crippen molar-refractivity contribution in [1.82, 2.24) is 19.5 Å². The minimum absolute atomic E-state index is 0.0823. The monoisotopic (exact) mass is 505 g/mol. The number of hydrogen-bond acceptors (Lipinski definition) is 14. The van der Waals surface area contributed by atoms with Crippen LogP contribution < -0.4 is 5.73 Å². The smallest absolute Gasteiger partial charge is 0.435 e. The molecule has 0 aromatic carbocycles. The van der Waals surface area contributed by atoms with Gasteiger partial charge in [-0.05, 0) is 27.7 Å². The molecule has 0 saturated carbocycles. The number of ether oxygens (including phenoxy) is 5. The van der Waals surface area contributed by atoms with Gasteiger partial charge in [-0.3, -0.25) is 13.6 Å². The number of nitrogen functional groups attached to an aromatic ring is 1. The van der Waals surface area contributed by atoms with Crippen molar-refractivity contribution in [2.75, 3.05) is 32.3 Å². The van der Waals surface area contributed by atoms with Crippen molar-refractivity contribution in [2.45, 2.75) is 46.4 Å². The number of carbonyl (C=O) groups is 2. The molecule has 2 atom stereocenters. The molecule has 0 aliphatic rings. The van der Waals surface area contributed by atoms with E-state index < -0.39 is 52.0 Å². The zero-order valence-electron chi connectivity index (χ0n) is 19.2. The Kier molecular flexibility index (Phi) is 10.4. The van der Waals surface area contributed by atoms with Gasteiger partial charge in [-0.2, -0.15) is 0 Å². The van der Waals surface area contributed by atoms with Crippen LogP contribution in [0.2, 0.25) is 0 Å². The molecule has 2 aromatic heterocycles. The predicted molar refractivity (Wildman–Crippen MR) is 115 cm³/mol. The average molecular weight is 505 g/mol. The van der Waals surface area contributed by atoms with Gasteiger partial charge in [-0.15, -0.1) is 0 Å². The third-order valence-electron chi connectivity index (χ3n) is 3.85. The van der Waals surface area contributed by atoms with Gasteiger partial charge in [0.15, 0.2) is 11.5 Å². The molecule has 0 fully saturated rings. The molecule has 15 nitrogen and oxygen atoms in total. The van der Waals surface area contributed by atoms with Crippen LogP contribution in [0.1, 0.15) is 27.7 Å². The van der Waals surface area contributed by atoms with E-state index in [4.69, 9.17) is 29.0 Å². The lowest BCUT2D eigenvalue weighted by molar-refractivity contribution is -0.0330. The molecule has 190 valence electrons. The lowest BCUT2D eigenvalue weighted by Crippen LogP contribution is -2.20. The number of fused-ring (bicyclic) bond motifs is 1. The van der Waals surface area contributed by atoms with E-state index in [-0.39, 0.29) is 19.0 Å². The van der Waals surface area contributed by atoms with E-state index in [1.807, 2.05) is 0 Å². The summed E-state index contributed by atoms with van der Waals surface area (Å²) in [6, 6.07) is 0. The number of rotatable bonds is 13. The predicted octanol–water partition coefficient (Wildman–Crippen LogP) is 2.65. The maximum absolute atomic E-state index is 13.0. The Morgan fingerprint density at radius 2 is 1.74 bits per heavy atom. The van der Waals surface area contributed by atoms with E-state index in [9.17, 15) is 14.2 Å². The standard InChI is InChI=1S/C18H28N5O10P/c1-5-27-17(24)28-9-31-34(26,32-10-29-18(25)33-12(2)3)11-30-13(4)6-23-8-22-14-15(19)20-7-21-16(14)23/h7-8,12-13H,5-6,9-11H2,1-4H3,(H2,19,20,21)/t13-,34?/m1/s1. The second-order valence-corrected chi connectivity index (χ2v) is 8.92. The van der Waals surface area contributed by atoms with E-state index in [0.29, 0.717) is 11.2 Å². The fourth-order valence-electron chi connectivity index (χ4n) is 2.39. The molecule has 34 heavy (non-hydrogen) atoms. The first-order valence-electron chi connectivity index (χ1n) is 10.2. The summed E-state index contributed by atoms with van der Waals surface area (Å²) in [6.45, 7) is 5.40. The van der Waals surface area contributed by atoms with Crippen molar-refractivity contribution >= 4 is 36.9 Å². The highest BCUT2D eigenvalue weighted by Crippen LogP contribution is 2.48. The number of imidazole rings is 1. The van der Waals surface area contributed by atoms with Crippen molar-refractivity contribution in [3.8, 4) is 0 Å². The number of nitrogens with zero attached hydrogens (tertiary/aromatic N) is 4. The van der Waals surface area contributed by atoms with Crippen LogP contribution in [0.4, 0.5) is 15.4 Å². The van der Waals surface area contributed by atoms with Gasteiger partial charge in [0, 0.05) is 0 Å². The summed E-state index contributed by atoms with van der Waals surface area (Å²) in [5, 5.41) is 0. The number of hydrogen-bond donors (Lipinski definition) is 1. The van der Waals surface area contributed by atoms with Gasteiger partial charge in [0.25, 0.3) is 0 Å². The van der Waals surface area contributed by atoms with Crippen LogP contribution in [-0.2, 0) is 43.8 Å². The summed E-state index contributed by atoms with van der Waals surface area (Å²) >= 11 is 0. The first-order valence-corrected chi connectivity index (χ1v) is 11.9. The minimum Gasteiger partial charge on any atom is -0.435 e. The summed E-state index contributed by atoms with van der Waals surface area (Å²) in [5.41, 5.74) is 6.72. The summed E-state index contributed by atoms with van der Waals surface area (Å²) in [5.74, 6) is 0.237. The SMILES string of the molecule is CCOC(=O)OCOP(=O)(CO[C@H](C)Cn1cnc2c(N)ncnc21)OCOC(=O)OC(C)C. The number of carbonyl (C=O) groups excluding carboxylic acids is 2. The molecule has 2 rings (SSSR count). The van der Waals surface area contributed by atoms with Gasteiger partial charge in [-0.1, -0.05) is 0 Å². The molecule has 0 bridgehead atoms. The minimum atomic E-state index is -4.04. The van der Waals surface area contributed by atoms with Gasteiger partial charge in [-0.25, -0.2) is 24.5 Å². The topological polar surface area (TPSA) is 185 Å². The second kappa shape index (κ2) is 13.0. The number of nitrogens with two attached hydrogens (primary N) is 1. The number of aromatic nitrogens is 4. The summed E-state index contributed by atoms with van der Waals surface area (Å²) < 4.78 is 49.2. The Labute approximate surface area is 195 Å². The van der Waals surface area contributed by atoms with Crippen LogP contribution in [-0.4, -0.2) is 70.6 Å². The van der Waals surface area contributed by atoms with Crippen molar-refractivity contribution < 1.29 is 46.9 Å². The van der Waals surface area contributed by atoms with Gasteiger partial charge < -0.3 is 34.0 Å². The van der Waals surface area contributed by atoms with Crippen molar-refractivity contribution in [3.63, 3.8) is 0 Å². The largest absolute Gasteiger partial charge is 0.510 e. The number of anilines is 1. The van der Waals surface area contributed by atoms with Crippen molar-refractivity contribution in [2.24, 2.45) is 0 Å². The lowest BCUT2D eigenvalue weighted by Gasteiger charge is -2.21. The van der Waals surface area contributed by atoms with E-state index in [0.717, 1.165) is 0 Å². The maximum Gasteiger partial charge on any atom is 0.510 e. The third-order valence-corrected chi connectivity index (χ3v) is 5.31. The van der Waals surface area contributed by atoms with E-state index >= 15 is 0 Å². The Morgan fingerprint density at radius 1 is 1.06 bits per heavy atom. The highest BCUT2D eigenvalue weighted by Gasteiger charge is 2.28. The van der Waals surface area contributed by atoms with Crippen LogP contribution >= 0.6 is 7.60 Å². The van der Waals surface area contributed by atoms with Crippen molar-refractivity contribution in [3.05, 3.63) is 12.7 Å². The third kappa shape index (κ3) is 8.74. The lowest BCUT2D eigenvalue weighted by atomic mass is 10.4. The molecule has 0 amide bonds. The molecule has 0 spiro atoms. The first kappa shape index (κ1) is 27.2. The Bertz CT molecular complexity index is 1000. The fraction of sp³-hybridized carbons (Fsp3) is 0.611. The molecule has 2 N–H and O–H groups in total. The van der Waals surface area contributed by atoms with Gasteiger partial charge in [0.05, 0.1) is 31.7 Å². The summed E-state index contributed by atoms with van der Waals surface area (Å²) in [7, 11) is -4.04. The van der Waals surface area contributed by atoms with E-state index in [2.05, 4.69) is 24.4 Å². The molecule has 2 heterocycles. The Hall–Kier alpha value is -3.00. The first-order chi connectivity index (χ1) is 16.1. The zero-order chi connectivity index (χ0) is 25.1.